The number of rotatable bonds is 4. The van der Waals surface area contributed by atoms with E-state index in [0.717, 1.165) is 17.0 Å². The maximum absolute atomic E-state index is 12.3. The van der Waals surface area contributed by atoms with E-state index in [1.54, 1.807) is 18.2 Å². The van der Waals surface area contributed by atoms with Gasteiger partial charge in [0.15, 0.2) is 0 Å². The lowest BCUT2D eigenvalue weighted by Crippen LogP contribution is -2.07. The maximum Gasteiger partial charge on any atom is 0.340 e. The lowest BCUT2D eigenvalue weighted by molar-refractivity contribution is 0.0471. The second-order valence-electron chi connectivity index (χ2n) is 5.77. The first-order chi connectivity index (χ1) is 10.6. The van der Waals surface area contributed by atoms with Gasteiger partial charge in [0.25, 0.3) is 0 Å². The molecule has 112 valence electrons. The molecule has 1 fully saturated rings. The average Bonchev–Trinajstić information content (AvgIpc) is 3.30. The van der Waals surface area contributed by atoms with Crippen molar-refractivity contribution in [1.82, 2.24) is 4.57 Å². The average molecular weight is 294 g/mol. The Morgan fingerprint density at radius 1 is 1.36 bits per heavy atom. The van der Waals surface area contributed by atoms with Gasteiger partial charge in [-0.3, -0.25) is 0 Å². The first-order valence-corrected chi connectivity index (χ1v) is 7.44. The zero-order chi connectivity index (χ0) is 15.7. The molecule has 0 N–H and O–H groups in total. The van der Waals surface area contributed by atoms with Crippen molar-refractivity contribution in [3.05, 3.63) is 58.4 Å². The van der Waals surface area contributed by atoms with Gasteiger partial charge in [-0.2, -0.15) is 5.26 Å². The van der Waals surface area contributed by atoms with E-state index >= 15 is 0 Å². The van der Waals surface area contributed by atoms with E-state index in [-0.39, 0.29) is 12.6 Å². The van der Waals surface area contributed by atoms with Crippen molar-refractivity contribution < 1.29 is 9.53 Å². The Hall–Kier alpha value is -2.54. The van der Waals surface area contributed by atoms with Crippen LogP contribution in [0, 0.1) is 25.2 Å². The standard InChI is InChI=1S/C18H18N2O2/c1-12-8-17(13(2)20(12)16-6-7-16)18(21)22-11-15-5-3-4-14(9-15)10-19/h3-5,8-9,16H,6-7,11H2,1-2H3. The van der Waals surface area contributed by atoms with Crippen molar-refractivity contribution in [2.45, 2.75) is 39.3 Å². The van der Waals surface area contributed by atoms with Crippen LogP contribution >= 0.6 is 0 Å². The van der Waals surface area contributed by atoms with Gasteiger partial charge in [-0.1, -0.05) is 12.1 Å². The Morgan fingerprint density at radius 3 is 2.82 bits per heavy atom. The minimum Gasteiger partial charge on any atom is -0.457 e. The number of hydrogen-bond acceptors (Lipinski definition) is 3. The smallest absolute Gasteiger partial charge is 0.340 e. The molecular formula is C18H18N2O2. The Morgan fingerprint density at radius 2 is 2.14 bits per heavy atom. The van der Waals surface area contributed by atoms with E-state index in [0.29, 0.717) is 17.2 Å². The Kier molecular flexibility index (Phi) is 3.72. The van der Waals surface area contributed by atoms with Gasteiger partial charge in [0, 0.05) is 17.4 Å². The number of esters is 1. The minimum atomic E-state index is -0.303. The molecule has 0 radical (unpaired) electrons. The second-order valence-corrected chi connectivity index (χ2v) is 5.77. The molecule has 1 saturated carbocycles. The van der Waals surface area contributed by atoms with Gasteiger partial charge < -0.3 is 9.30 Å². The van der Waals surface area contributed by atoms with Gasteiger partial charge in [-0.05, 0) is 50.5 Å². The van der Waals surface area contributed by atoms with Crippen molar-refractivity contribution in [3.8, 4) is 6.07 Å². The largest absolute Gasteiger partial charge is 0.457 e. The fourth-order valence-electron chi connectivity index (χ4n) is 2.84. The van der Waals surface area contributed by atoms with Gasteiger partial charge in [-0.15, -0.1) is 0 Å². The zero-order valence-corrected chi connectivity index (χ0v) is 12.8. The normalized spacial score (nSPS) is 13.7. The molecule has 4 nitrogen and oxygen atoms in total. The van der Waals surface area contributed by atoms with Crippen LogP contribution in [0.4, 0.5) is 0 Å². The number of carbonyl (C=O) groups is 1. The molecule has 0 bridgehead atoms. The molecule has 0 atom stereocenters. The van der Waals surface area contributed by atoms with Crippen LogP contribution in [-0.2, 0) is 11.3 Å². The maximum atomic E-state index is 12.3. The summed E-state index contributed by atoms with van der Waals surface area (Å²) in [4.78, 5) is 12.3. The lowest BCUT2D eigenvalue weighted by Gasteiger charge is -2.08. The van der Waals surface area contributed by atoms with E-state index in [9.17, 15) is 4.79 Å². The van der Waals surface area contributed by atoms with E-state index < -0.39 is 0 Å². The third-order valence-corrected chi connectivity index (χ3v) is 4.04. The van der Waals surface area contributed by atoms with Gasteiger partial charge >= 0.3 is 5.97 Å². The molecule has 4 heteroatoms. The van der Waals surface area contributed by atoms with Crippen LogP contribution in [0.25, 0.3) is 0 Å². The van der Waals surface area contributed by atoms with Crippen LogP contribution in [0.15, 0.2) is 30.3 Å². The first kappa shape index (κ1) is 14.4. The summed E-state index contributed by atoms with van der Waals surface area (Å²) in [5.41, 5.74) is 4.12. The van der Waals surface area contributed by atoms with Crippen LogP contribution in [0.3, 0.4) is 0 Å². The molecule has 1 heterocycles. The molecule has 0 amide bonds. The highest BCUT2D eigenvalue weighted by Crippen LogP contribution is 2.38. The number of carbonyl (C=O) groups excluding carboxylic acids is 1. The second kappa shape index (κ2) is 5.69. The first-order valence-electron chi connectivity index (χ1n) is 7.44. The highest BCUT2D eigenvalue weighted by Gasteiger charge is 2.28. The van der Waals surface area contributed by atoms with Crippen molar-refractivity contribution in [3.63, 3.8) is 0 Å². The van der Waals surface area contributed by atoms with Gasteiger partial charge in [0.05, 0.1) is 17.2 Å². The van der Waals surface area contributed by atoms with Crippen LogP contribution in [0.2, 0.25) is 0 Å². The zero-order valence-electron chi connectivity index (χ0n) is 12.8. The molecule has 0 spiro atoms. The summed E-state index contributed by atoms with van der Waals surface area (Å²) in [6, 6.07) is 11.6. The number of nitriles is 1. The summed E-state index contributed by atoms with van der Waals surface area (Å²) in [7, 11) is 0. The fraction of sp³-hybridized carbons (Fsp3) is 0.333. The van der Waals surface area contributed by atoms with Crippen molar-refractivity contribution in [2.75, 3.05) is 0 Å². The fourth-order valence-corrected chi connectivity index (χ4v) is 2.84. The monoisotopic (exact) mass is 294 g/mol. The lowest BCUT2D eigenvalue weighted by atomic mass is 10.1. The molecule has 1 aromatic heterocycles. The minimum absolute atomic E-state index is 0.182. The molecule has 0 unspecified atom stereocenters. The van der Waals surface area contributed by atoms with Crippen LogP contribution < -0.4 is 0 Å². The van der Waals surface area contributed by atoms with Crippen LogP contribution in [-0.4, -0.2) is 10.5 Å². The van der Waals surface area contributed by atoms with E-state index in [1.807, 2.05) is 26.0 Å². The highest BCUT2D eigenvalue weighted by atomic mass is 16.5. The van der Waals surface area contributed by atoms with Gasteiger partial charge in [-0.25, -0.2) is 4.79 Å². The molecule has 22 heavy (non-hydrogen) atoms. The number of aromatic nitrogens is 1. The van der Waals surface area contributed by atoms with Crippen molar-refractivity contribution in [2.24, 2.45) is 0 Å². The topological polar surface area (TPSA) is 55.0 Å². The van der Waals surface area contributed by atoms with E-state index in [1.165, 1.54) is 12.8 Å². The highest BCUT2D eigenvalue weighted by molar-refractivity contribution is 5.91. The van der Waals surface area contributed by atoms with Crippen molar-refractivity contribution in [1.29, 1.82) is 5.26 Å². The summed E-state index contributed by atoms with van der Waals surface area (Å²) < 4.78 is 7.63. The SMILES string of the molecule is Cc1cc(C(=O)OCc2cccc(C#N)c2)c(C)n1C1CC1. The molecule has 0 aliphatic heterocycles. The molecule has 1 aromatic carbocycles. The Labute approximate surface area is 129 Å². The Balaban J connectivity index is 1.72. The van der Waals surface area contributed by atoms with Gasteiger partial charge in [0.2, 0.25) is 0 Å². The van der Waals surface area contributed by atoms with Gasteiger partial charge in [0.1, 0.15) is 6.61 Å². The summed E-state index contributed by atoms with van der Waals surface area (Å²) in [6.07, 6.45) is 2.37. The predicted octanol–water partition coefficient (Wildman–Crippen LogP) is 3.67. The van der Waals surface area contributed by atoms with E-state index in [2.05, 4.69) is 10.6 Å². The number of hydrogen-bond donors (Lipinski definition) is 0. The number of aryl methyl sites for hydroxylation is 1. The molecule has 0 saturated heterocycles. The summed E-state index contributed by atoms with van der Waals surface area (Å²) in [6.45, 7) is 4.18. The number of benzene rings is 1. The molecule has 2 aromatic rings. The van der Waals surface area contributed by atoms with E-state index in [4.69, 9.17) is 10.00 Å². The summed E-state index contributed by atoms with van der Waals surface area (Å²) in [5.74, 6) is -0.303. The molecule has 1 aliphatic rings. The molecular weight excluding hydrogens is 276 g/mol. The quantitative estimate of drug-likeness (QED) is 0.808. The molecule has 1 aliphatic carbocycles. The van der Waals surface area contributed by atoms with Crippen LogP contribution in [0.1, 0.15) is 51.8 Å². The summed E-state index contributed by atoms with van der Waals surface area (Å²) >= 11 is 0. The third-order valence-electron chi connectivity index (χ3n) is 4.04. The number of nitrogens with zero attached hydrogens (tertiary/aromatic N) is 2. The Bertz CT molecular complexity index is 764. The molecule has 3 rings (SSSR count). The third kappa shape index (κ3) is 2.75. The predicted molar refractivity (Wildman–Crippen MR) is 82.5 cm³/mol. The van der Waals surface area contributed by atoms with Crippen molar-refractivity contribution >= 4 is 5.97 Å². The number of ether oxygens (including phenoxy) is 1. The van der Waals surface area contributed by atoms with Crippen LogP contribution in [0.5, 0.6) is 0 Å². The summed E-state index contributed by atoms with van der Waals surface area (Å²) in [5, 5.41) is 8.88.